The van der Waals surface area contributed by atoms with Gasteiger partial charge in [0.2, 0.25) is 5.91 Å². The SMILES string of the molecule is Cc1ccc(CC(=O)N2CCCCC[C@H]2c2cccn2C)cn1. The molecule has 3 heterocycles. The van der Waals surface area contributed by atoms with Crippen molar-refractivity contribution >= 4 is 5.91 Å². The molecule has 2 aromatic rings. The van der Waals surface area contributed by atoms with Gasteiger partial charge < -0.3 is 9.47 Å². The Bertz CT molecular complexity index is 660. The van der Waals surface area contributed by atoms with Crippen LogP contribution in [-0.4, -0.2) is 26.9 Å². The molecule has 23 heavy (non-hydrogen) atoms. The number of aryl methyl sites for hydroxylation is 2. The molecular weight excluding hydrogens is 286 g/mol. The van der Waals surface area contributed by atoms with Crippen LogP contribution in [0.2, 0.25) is 0 Å². The number of pyridine rings is 1. The van der Waals surface area contributed by atoms with E-state index in [1.165, 1.54) is 18.5 Å². The van der Waals surface area contributed by atoms with Crippen molar-refractivity contribution in [1.82, 2.24) is 14.5 Å². The first kappa shape index (κ1) is 15.8. The van der Waals surface area contributed by atoms with E-state index >= 15 is 0 Å². The van der Waals surface area contributed by atoms with Crippen molar-refractivity contribution in [3.63, 3.8) is 0 Å². The smallest absolute Gasteiger partial charge is 0.227 e. The van der Waals surface area contributed by atoms with E-state index in [1.807, 2.05) is 25.3 Å². The molecule has 0 aliphatic carbocycles. The van der Waals surface area contributed by atoms with Crippen LogP contribution >= 0.6 is 0 Å². The average Bonchev–Trinajstić information content (AvgIpc) is 2.82. The molecule has 0 saturated carbocycles. The highest BCUT2D eigenvalue weighted by molar-refractivity contribution is 5.79. The van der Waals surface area contributed by atoms with Crippen LogP contribution in [0.5, 0.6) is 0 Å². The third kappa shape index (κ3) is 3.63. The fraction of sp³-hybridized carbons (Fsp3) is 0.474. The van der Waals surface area contributed by atoms with Crippen LogP contribution in [0.4, 0.5) is 0 Å². The van der Waals surface area contributed by atoms with Crippen molar-refractivity contribution in [2.75, 3.05) is 6.54 Å². The minimum Gasteiger partial charge on any atom is -0.353 e. The lowest BCUT2D eigenvalue weighted by Crippen LogP contribution is -2.36. The largest absolute Gasteiger partial charge is 0.353 e. The van der Waals surface area contributed by atoms with Gasteiger partial charge >= 0.3 is 0 Å². The molecule has 0 spiro atoms. The van der Waals surface area contributed by atoms with Gasteiger partial charge in [0.25, 0.3) is 0 Å². The van der Waals surface area contributed by atoms with E-state index in [9.17, 15) is 4.79 Å². The summed E-state index contributed by atoms with van der Waals surface area (Å²) in [7, 11) is 2.06. The Morgan fingerprint density at radius 1 is 1.26 bits per heavy atom. The fourth-order valence-corrected chi connectivity index (χ4v) is 3.41. The van der Waals surface area contributed by atoms with Crippen LogP contribution < -0.4 is 0 Å². The monoisotopic (exact) mass is 311 g/mol. The molecule has 1 amide bonds. The van der Waals surface area contributed by atoms with E-state index < -0.39 is 0 Å². The number of nitrogens with zero attached hydrogens (tertiary/aromatic N) is 3. The maximum Gasteiger partial charge on any atom is 0.227 e. The van der Waals surface area contributed by atoms with Crippen LogP contribution in [0.25, 0.3) is 0 Å². The second-order valence-electron chi connectivity index (χ2n) is 6.48. The van der Waals surface area contributed by atoms with Crippen LogP contribution in [0, 0.1) is 6.92 Å². The molecular formula is C19H25N3O. The lowest BCUT2D eigenvalue weighted by atomic mass is 10.1. The molecule has 0 N–H and O–H groups in total. The van der Waals surface area contributed by atoms with Gasteiger partial charge in [0.05, 0.1) is 12.5 Å². The molecule has 1 saturated heterocycles. The van der Waals surface area contributed by atoms with E-state index in [0.29, 0.717) is 6.42 Å². The van der Waals surface area contributed by atoms with Crippen molar-refractivity contribution in [2.45, 2.75) is 45.1 Å². The Kier molecular flexibility index (Phi) is 4.79. The number of rotatable bonds is 3. The highest BCUT2D eigenvalue weighted by Crippen LogP contribution is 2.30. The Balaban J connectivity index is 1.80. The molecule has 0 aromatic carbocycles. The van der Waals surface area contributed by atoms with Crippen LogP contribution in [0.1, 0.15) is 48.7 Å². The normalized spacial score (nSPS) is 18.7. The quantitative estimate of drug-likeness (QED) is 0.871. The van der Waals surface area contributed by atoms with Crippen LogP contribution in [-0.2, 0) is 18.3 Å². The summed E-state index contributed by atoms with van der Waals surface area (Å²) in [4.78, 5) is 19.3. The lowest BCUT2D eigenvalue weighted by Gasteiger charge is -2.30. The Labute approximate surface area is 138 Å². The number of aromatic nitrogens is 2. The van der Waals surface area contributed by atoms with Crippen LogP contribution in [0.3, 0.4) is 0 Å². The molecule has 2 aromatic heterocycles. The van der Waals surface area contributed by atoms with Crippen molar-refractivity contribution in [1.29, 1.82) is 0 Å². The first-order valence-corrected chi connectivity index (χ1v) is 8.47. The summed E-state index contributed by atoms with van der Waals surface area (Å²) in [5, 5.41) is 0. The second-order valence-corrected chi connectivity index (χ2v) is 6.48. The maximum absolute atomic E-state index is 12.9. The molecule has 0 radical (unpaired) electrons. The summed E-state index contributed by atoms with van der Waals surface area (Å²) in [6.07, 6.45) is 8.86. The van der Waals surface area contributed by atoms with E-state index in [4.69, 9.17) is 0 Å². The lowest BCUT2D eigenvalue weighted by molar-refractivity contribution is -0.133. The topological polar surface area (TPSA) is 38.1 Å². The molecule has 0 bridgehead atoms. The zero-order valence-electron chi connectivity index (χ0n) is 14.0. The van der Waals surface area contributed by atoms with E-state index in [2.05, 4.69) is 39.8 Å². The van der Waals surface area contributed by atoms with Gasteiger partial charge in [-0.15, -0.1) is 0 Å². The third-order valence-electron chi connectivity index (χ3n) is 4.73. The fourth-order valence-electron chi connectivity index (χ4n) is 3.41. The summed E-state index contributed by atoms with van der Waals surface area (Å²) in [6.45, 7) is 2.82. The van der Waals surface area contributed by atoms with Gasteiger partial charge in [-0.2, -0.15) is 0 Å². The van der Waals surface area contributed by atoms with Gasteiger partial charge in [0, 0.05) is 37.4 Å². The molecule has 122 valence electrons. The second kappa shape index (κ2) is 6.99. The molecule has 1 fully saturated rings. The molecule has 1 aliphatic heterocycles. The summed E-state index contributed by atoms with van der Waals surface area (Å²) in [5.41, 5.74) is 3.22. The standard InChI is InChI=1S/C19H25N3O/c1-15-9-10-16(14-20-15)13-19(23)22-12-5-3-4-7-18(22)17-8-6-11-21(17)2/h6,8-11,14,18H,3-5,7,12-13H2,1-2H3/t18-/m0/s1. The van der Waals surface area contributed by atoms with Gasteiger partial charge in [-0.25, -0.2) is 0 Å². The van der Waals surface area contributed by atoms with E-state index in [0.717, 1.165) is 30.6 Å². The number of amides is 1. The average molecular weight is 311 g/mol. The molecule has 4 nitrogen and oxygen atoms in total. The van der Waals surface area contributed by atoms with Crippen molar-refractivity contribution < 1.29 is 4.79 Å². The first-order chi connectivity index (χ1) is 11.1. The minimum absolute atomic E-state index is 0.198. The number of likely N-dealkylation sites (tertiary alicyclic amines) is 1. The molecule has 0 unspecified atom stereocenters. The Morgan fingerprint density at radius 3 is 2.83 bits per heavy atom. The predicted octanol–water partition coefficient (Wildman–Crippen LogP) is 3.41. The Morgan fingerprint density at radius 2 is 2.13 bits per heavy atom. The Hall–Kier alpha value is -2.10. The van der Waals surface area contributed by atoms with Crippen LogP contribution in [0.15, 0.2) is 36.7 Å². The van der Waals surface area contributed by atoms with Crippen molar-refractivity contribution in [3.8, 4) is 0 Å². The zero-order valence-corrected chi connectivity index (χ0v) is 14.0. The molecule has 4 heteroatoms. The van der Waals surface area contributed by atoms with Gasteiger partial charge in [-0.3, -0.25) is 9.78 Å². The summed E-state index contributed by atoms with van der Waals surface area (Å²) >= 11 is 0. The summed E-state index contributed by atoms with van der Waals surface area (Å²) in [5.74, 6) is 0.212. The number of hydrogen-bond donors (Lipinski definition) is 0. The first-order valence-electron chi connectivity index (χ1n) is 8.47. The van der Waals surface area contributed by atoms with Gasteiger partial charge in [-0.05, 0) is 43.5 Å². The number of carbonyl (C=O) groups excluding carboxylic acids is 1. The maximum atomic E-state index is 12.9. The van der Waals surface area contributed by atoms with Crippen molar-refractivity contribution in [2.24, 2.45) is 7.05 Å². The minimum atomic E-state index is 0.198. The molecule has 1 atom stereocenters. The number of carbonyl (C=O) groups is 1. The third-order valence-corrected chi connectivity index (χ3v) is 4.73. The van der Waals surface area contributed by atoms with E-state index in [1.54, 1.807) is 0 Å². The summed E-state index contributed by atoms with van der Waals surface area (Å²) in [6, 6.07) is 8.38. The van der Waals surface area contributed by atoms with Gasteiger partial charge in [-0.1, -0.05) is 18.9 Å². The zero-order chi connectivity index (χ0) is 16.2. The molecule has 3 rings (SSSR count). The van der Waals surface area contributed by atoms with Gasteiger partial charge in [0.1, 0.15) is 0 Å². The summed E-state index contributed by atoms with van der Waals surface area (Å²) < 4.78 is 2.14. The van der Waals surface area contributed by atoms with Gasteiger partial charge in [0.15, 0.2) is 0 Å². The number of hydrogen-bond acceptors (Lipinski definition) is 2. The predicted molar refractivity (Wildman–Crippen MR) is 91.0 cm³/mol. The van der Waals surface area contributed by atoms with E-state index in [-0.39, 0.29) is 11.9 Å². The highest BCUT2D eigenvalue weighted by atomic mass is 16.2. The highest BCUT2D eigenvalue weighted by Gasteiger charge is 2.28. The molecule has 1 aliphatic rings. The van der Waals surface area contributed by atoms with Crippen molar-refractivity contribution in [3.05, 3.63) is 53.6 Å².